The minimum atomic E-state index is -0.479. The Morgan fingerprint density at radius 2 is 1.64 bits per heavy atom. The molecule has 0 aliphatic carbocycles. The Hall–Kier alpha value is -2.94. The highest BCUT2D eigenvalue weighted by molar-refractivity contribution is 5.93. The molecule has 2 aliphatic heterocycles. The van der Waals surface area contributed by atoms with Gasteiger partial charge in [0.1, 0.15) is 6.04 Å². The summed E-state index contributed by atoms with van der Waals surface area (Å²) in [5.41, 5.74) is 8.82. The summed E-state index contributed by atoms with van der Waals surface area (Å²) < 4.78 is 0. The zero-order valence-corrected chi connectivity index (χ0v) is 19.3. The lowest BCUT2D eigenvalue weighted by molar-refractivity contribution is -0.127. The molecule has 2 aromatic rings. The molecule has 33 heavy (non-hydrogen) atoms. The predicted octanol–water partition coefficient (Wildman–Crippen LogP) is 1.05. The molecule has 176 valence electrons. The minimum absolute atomic E-state index is 0.134. The molecular weight excluding hydrogens is 416 g/mol. The molecule has 8 nitrogen and oxygen atoms in total. The molecule has 2 aliphatic rings. The first-order valence-electron chi connectivity index (χ1n) is 11.6. The maximum atomic E-state index is 12.7. The number of carbonyl (C=O) groups is 2. The van der Waals surface area contributed by atoms with Crippen LogP contribution >= 0.6 is 0 Å². The minimum Gasteiger partial charge on any atom is -0.369 e. The van der Waals surface area contributed by atoms with E-state index in [4.69, 9.17) is 5.73 Å². The van der Waals surface area contributed by atoms with Crippen LogP contribution in [0.1, 0.15) is 5.56 Å². The number of primary amides is 1. The third kappa shape index (κ3) is 6.31. The second-order valence-electron chi connectivity index (χ2n) is 8.99. The van der Waals surface area contributed by atoms with E-state index >= 15 is 0 Å². The molecule has 4 rings (SSSR count). The molecule has 2 fully saturated rings. The second-order valence-corrected chi connectivity index (χ2v) is 8.99. The van der Waals surface area contributed by atoms with Crippen molar-refractivity contribution in [2.75, 3.05) is 69.6 Å². The van der Waals surface area contributed by atoms with Crippen molar-refractivity contribution in [3.8, 4) is 0 Å². The van der Waals surface area contributed by atoms with Gasteiger partial charge in [0.25, 0.3) is 0 Å². The van der Waals surface area contributed by atoms with Crippen molar-refractivity contribution >= 4 is 23.2 Å². The van der Waals surface area contributed by atoms with Crippen LogP contribution in [0.25, 0.3) is 0 Å². The molecule has 0 aromatic heterocycles. The maximum Gasteiger partial charge on any atom is 0.238 e. The Morgan fingerprint density at radius 3 is 2.30 bits per heavy atom. The van der Waals surface area contributed by atoms with E-state index in [0.717, 1.165) is 45.0 Å². The molecule has 2 amide bonds. The molecule has 0 radical (unpaired) electrons. The summed E-state index contributed by atoms with van der Waals surface area (Å²) in [6.45, 7) is 6.96. The van der Waals surface area contributed by atoms with Gasteiger partial charge >= 0.3 is 0 Å². The van der Waals surface area contributed by atoms with Crippen LogP contribution in [0.4, 0.5) is 11.4 Å². The third-order valence-electron chi connectivity index (χ3n) is 6.52. The summed E-state index contributed by atoms with van der Waals surface area (Å²) >= 11 is 0. The van der Waals surface area contributed by atoms with Gasteiger partial charge in [-0.05, 0) is 36.9 Å². The number of piperazine rings is 2. The van der Waals surface area contributed by atoms with Crippen LogP contribution in [0.3, 0.4) is 0 Å². The van der Waals surface area contributed by atoms with Crippen LogP contribution in [0.15, 0.2) is 54.6 Å². The summed E-state index contributed by atoms with van der Waals surface area (Å²) in [5.74, 6) is -0.526. The number of hydrogen-bond acceptors (Lipinski definition) is 6. The molecular formula is C25H34N6O2. The van der Waals surface area contributed by atoms with Gasteiger partial charge in [-0.25, -0.2) is 0 Å². The first kappa shape index (κ1) is 23.2. The highest BCUT2D eigenvalue weighted by atomic mass is 16.2. The van der Waals surface area contributed by atoms with Crippen molar-refractivity contribution in [1.29, 1.82) is 0 Å². The van der Waals surface area contributed by atoms with Crippen LogP contribution in [-0.2, 0) is 16.1 Å². The fraction of sp³-hybridized carbons (Fsp3) is 0.440. The summed E-state index contributed by atoms with van der Waals surface area (Å²) in [5, 5.41) is 2.96. The van der Waals surface area contributed by atoms with Crippen LogP contribution < -0.4 is 16.0 Å². The molecule has 1 atom stereocenters. The van der Waals surface area contributed by atoms with Crippen LogP contribution in [0, 0.1) is 0 Å². The summed E-state index contributed by atoms with van der Waals surface area (Å²) in [6.07, 6.45) is 0. The maximum absolute atomic E-state index is 12.7. The number of nitrogens with zero attached hydrogens (tertiary/aromatic N) is 4. The molecule has 2 aromatic carbocycles. The van der Waals surface area contributed by atoms with Crippen molar-refractivity contribution in [3.63, 3.8) is 0 Å². The van der Waals surface area contributed by atoms with Crippen molar-refractivity contribution < 1.29 is 9.59 Å². The van der Waals surface area contributed by atoms with Gasteiger partial charge in [-0.1, -0.05) is 30.3 Å². The number of amides is 2. The van der Waals surface area contributed by atoms with E-state index in [0.29, 0.717) is 13.1 Å². The van der Waals surface area contributed by atoms with Crippen LogP contribution in [0.5, 0.6) is 0 Å². The van der Waals surface area contributed by atoms with Gasteiger partial charge in [0.05, 0.1) is 6.54 Å². The Kier molecular flexibility index (Phi) is 7.59. The van der Waals surface area contributed by atoms with E-state index < -0.39 is 11.9 Å². The van der Waals surface area contributed by atoms with E-state index in [1.54, 1.807) is 0 Å². The van der Waals surface area contributed by atoms with Gasteiger partial charge in [0.2, 0.25) is 11.8 Å². The topological polar surface area (TPSA) is 85.2 Å². The first-order valence-corrected chi connectivity index (χ1v) is 11.6. The summed E-state index contributed by atoms with van der Waals surface area (Å²) in [4.78, 5) is 33.6. The molecule has 2 saturated heterocycles. The highest BCUT2D eigenvalue weighted by Crippen LogP contribution is 2.20. The fourth-order valence-corrected chi connectivity index (χ4v) is 4.53. The summed E-state index contributed by atoms with van der Waals surface area (Å²) in [7, 11) is 2.14. The Morgan fingerprint density at radius 1 is 0.939 bits per heavy atom. The number of rotatable bonds is 7. The Bertz CT molecular complexity index is 928. The monoisotopic (exact) mass is 450 g/mol. The number of likely N-dealkylation sites (N-methyl/N-ethyl adjacent to an activating group) is 1. The molecule has 3 N–H and O–H groups in total. The van der Waals surface area contributed by atoms with E-state index in [9.17, 15) is 9.59 Å². The van der Waals surface area contributed by atoms with E-state index in [2.05, 4.69) is 51.3 Å². The molecule has 0 bridgehead atoms. The predicted molar refractivity (Wildman–Crippen MR) is 131 cm³/mol. The number of hydrogen-bond donors (Lipinski definition) is 2. The zero-order chi connectivity index (χ0) is 23.2. The van der Waals surface area contributed by atoms with Crippen LogP contribution in [-0.4, -0.2) is 92.0 Å². The van der Waals surface area contributed by atoms with Crippen LogP contribution in [0.2, 0.25) is 0 Å². The molecule has 2 heterocycles. The quantitative estimate of drug-likeness (QED) is 0.656. The number of nitrogens with one attached hydrogen (secondary N) is 1. The molecule has 0 spiro atoms. The normalized spacial score (nSPS) is 20.5. The number of nitrogens with two attached hydrogens (primary N) is 1. The van der Waals surface area contributed by atoms with Crippen molar-refractivity contribution in [2.24, 2.45) is 5.73 Å². The van der Waals surface area contributed by atoms with Crippen molar-refractivity contribution in [3.05, 3.63) is 60.2 Å². The average Bonchev–Trinajstić information content (AvgIpc) is 2.82. The smallest absolute Gasteiger partial charge is 0.238 e. The lowest BCUT2D eigenvalue weighted by Crippen LogP contribution is -2.59. The van der Waals surface area contributed by atoms with E-state index in [-0.39, 0.29) is 12.5 Å². The molecule has 0 unspecified atom stereocenters. The van der Waals surface area contributed by atoms with Gasteiger partial charge in [-0.2, -0.15) is 0 Å². The standard InChI is InChI=1S/C25H34N6O2/c1-28-11-14-30(15-12-28)22-9-7-21(8-10-22)27-24(32)19-31-16-13-29(18-23(31)25(26)33)17-20-5-3-2-4-6-20/h2-10,23H,11-19H2,1H3,(H2,26,33)(H,27,32)/t23-/m0/s1. The number of carbonyl (C=O) groups excluding carboxylic acids is 2. The van der Waals surface area contributed by atoms with Crippen molar-refractivity contribution in [1.82, 2.24) is 14.7 Å². The zero-order valence-electron chi connectivity index (χ0n) is 19.3. The van der Waals surface area contributed by atoms with E-state index in [1.807, 2.05) is 35.2 Å². The lowest BCUT2D eigenvalue weighted by Gasteiger charge is -2.39. The third-order valence-corrected chi connectivity index (χ3v) is 6.52. The highest BCUT2D eigenvalue weighted by Gasteiger charge is 2.32. The van der Waals surface area contributed by atoms with Gasteiger partial charge in [-0.15, -0.1) is 0 Å². The molecule has 8 heteroatoms. The molecule has 0 saturated carbocycles. The average molecular weight is 451 g/mol. The van der Waals surface area contributed by atoms with E-state index in [1.165, 1.54) is 11.3 Å². The fourth-order valence-electron chi connectivity index (χ4n) is 4.53. The lowest BCUT2D eigenvalue weighted by atomic mass is 10.1. The summed E-state index contributed by atoms with van der Waals surface area (Å²) in [6, 6.07) is 17.7. The number of benzene rings is 2. The Balaban J connectivity index is 1.29. The second kappa shape index (κ2) is 10.8. The van der Waals surface area contributed by atoms with Crippen molar-refractivity contribution in [2.45, 2.75) is 12.6 Å². The van der Waals surface area contributed by atoms with Gasteiger partial charge in [0.15, 0.2) is 0 Å². The number of anilines is 2. The first-order chi connectivity index (χ1) is 16.0. The largest absolute Gasteiger partial charge is 0.369 e. The van der Waals surface area contributed by atoms with Gasteiger partial charge in [0, 0.05) is 63.7 Å². The Labute approximate surface area is 195 Å². The van der Waals surface area contributed by atoms with Gasteiger partial charge in [-0.3, -0.25) is 19.4 Å². The SMILES string of the molecule is CN1CCN(c2ccc(NC(=O)CN3CCN(Cc4ccccc4)C[C@H]3C(N)=O)cc2)CC1. The van der Waals surface area contributed by atoms with Gasteiger partial charge < -0.3 is 20.9 Å².